The number of carbonyl (C=O) groups is 1. The number of ether oxygens (including phenoxy) is 1. The number of rotatable bonds is 5. The summed E-state index contributed by atoms with van der Waals surface area (Å²) in [6.07, 6.45) is 3.43. The molecule has 2 heterocycles. The Kier molecular flexibility index (Phi) is 3.61. The second-order valence-electron chi connectivity index (χ2n) is 3.99. The third kappa shape index (κ3) is 2.86. The molecule has 1 N–H and O–H groups in total. The maximum atomic E-state index is 10.7. The summed E-state index contributed by atoms with van der Waals surface area (Å²) in [7, 11) is 0. The normalized spacial score (nSPS) is 10.8. The van der Waals surface area contributed by atoms with Crippen LogP contribution in [0, 0.1) is 0 Å². The number of hydrogen-bond acceptors (Lipinski definition) is 5. The van der Waals surface area contributed by atoms with Crippen molar-refractivity contribution in [3.8, 4) is 5.75 Å². The van der Waals surface area contributed by atoms with Gasteiger partial charge in [-0.2, -0.15) is 5.10 Å². The van der Waals surface area contributed by atoms with E-state index in [0.717, 1.165) is 11.3 Å². The highest BCUT2D eigenvalue weighted by atomic mass is 32.1. The van der Waals surface area contributed by atoms with Crippen LogP contribution >= 0.6 is 11.3 Å². The molecule has 0 aromatic carbocycles. The molecule has 0 radical (unpaired) electrons. The lowest BCUT2D eigenvalue weighted by Crippen LogP contribution is -2.00. The average Bonchev–Trinajstić information content (AvgIpc) is 2.95. The molecule has 2 aromatic heterocycles. The Balaban J connectivity index is 1.95. The molecule has 0 bridgehead atoms. The largest absolute Gasteiger partial charge is 0.484 e. The molecule has 2 rings (SSSR count). The van der Waals surface area contributed by atoms with Crippen LogP contribution in [0.2, 0.25) is 0 Å². The Morgan fingerprint density at radius 1 is 1.61 bits per heavy atom. The molecule has 0 amide bonds. The first kappa shape index (κ1) is 12.6. The number of aromatic carboxylic acids is 1. The van der Waals surface area contributed by atoms with Gasteiger partial charge in [0, 0.05) is 11.4 Å². The number of thiazole rings is 1. The van der Waals surface area contributed by atoms with Gasteiger partial charge in [0.1, 0.15) is 6.61 Å². The monoisotopic (exact) mass is 267 g/mol. The van der Waals surface area contributed by atoms with Crippen molar-refractivity contribution in [3.05, 3.63) is 28.5 Å². The summed E-state index contributed by atoms with van der Waals surface area (Å²) in [6.45, 7) is 4.29. The van der Waals surface area contributed by atoms with Gasteiger partial charge in [0.2, 0.25) is 5.01 Å². The molecule has 18 heavy (non-hydrogen) atoms. The van der Waals surface area contributed by atoms with Crippen LogP contribution in [0.5, 0.6) is 5.75 Å². The van der Waals surface area contributed by atoms with Crippen LogP contribution in [0.15, 0.2) is 17.8 Å². The van der Waals surface area contributed by atoms with Gasteiger partial charge in [-0.1, -0.05) is 0 Å². The molecule has 96 valence electrons. The van der Waals surface area contributed by atoms with E-state index >= 15 is 0 Å². The van der Waals surface area contributed by atoms with Gasteiger partial charge in [-0.05, 0) is 13.8 Å². The quantitative estimate of drug-likeness (QED) is 0.898. The maximum Gasteiger partial charge on any atom is 0.365 e. The van der Waals surface area contributed by atoms with Crippen LogP contribution in [0.25, 0.3) is 0 Å². The second-order valence-corrected chi connectivity index (χ2v) is 4.85. The number of carboxylic acids is 1. The topological polar surface area (TPSA) is 77.2 Å². The Labute approximate surface area is 108 Å². The summed E-state index contributed by atoms with van der Waals surface area (Å²) in [5.74, 6) is -0.368. The lowest BCUT2D eigenvalue weighted by molar-refractivity contribution is 0.0696. The first-order valence-electron chi connectivity index (χ1n) is 5.41. The van der Waals surface area contributed by atoms with E-state index in [9.17, 15) is 4.79 Å². The molecule has 0 fully saturated rings. The summed E-state index contributed by atoms with van der Waals surface area (Å²) in [5.41, 5.74) is 0.606. The molecule has 0 aliphatic rings. The fourth-order valence-corrected chi connectivity index (χ4v) is 1.95. The molecule has 0 aliphatic heterocycles. The summed E-state index contributed by atoms with van der Waals surface area (Å²) in [6, 6.07) is 0.278. The first-order valence-corrected chi connectivity index (χ1v) is 6.29. The third-order valence-corrected chi connectivity index (χ3v) is 3.11. The first-order chi connectivity index (χ1) is 8.56. The number of carboxylic acid groups (broad SMARTS) is 1. The molecule has 0 aliphatic carbocycles. The van der Waals surface area contributed by atoms with Crippen LogP contribution < -0.4 is 4.74 Å². The SMILES string of the molecule is CC(C)n1cc(OCc2csc(C(=O)O)n2)cn1. The Morgan fingerprint density at radius 3 is 2.94 bits per heavy atom. The highest BCUT2D eigenvalue weighted by Gasteiger charge is 2.09. The zero-order valence-corrected chi connectivity index (χ0v) is 10.8. The van der Waals surface area contributed by atoms with Crippen molar-refractivity contribution in [2.45, 2.75) is 26.5 Å². The molecule has 6 nitrogen and oxygen atoms in total. The molecule has 0 saturated heterocycles. The molecule has 7 heteroatoms. The number of aromatic nitrogens is 3. The highest BCUT2D eigenvalue weighted by molar-refractivity contribution is 7.11. The van der Waals surface area contributed by atoms with Crippen molar-refractivity contribution in [1.29, 1.82) is 0 Å². The van der Waals surface area contributed by atoms with E-state index in [0.29, 0.717) is 11.4 Å². The van der Waals surface area contributed by atoms with E-state index in [1.54, 1.807) is 22.5 Å². The van der Waals surface area contributed by atoms with E-state index < -0.39 is 5.97 Å². The zero-order chi connectivity index (χ0) is 13.1. The smallest absolute Gasteiger partial charge is 0.365 e. The molecule has 0 saturated carbocycles. The van der Waals surface area contributed by atoms with Crippen molar-refractivity contribution < 1.29 is 14.6 Å². The predicted molar refractivity (Wildman–Crippen MR) is 66.0 cm³/mol. The molecule has 2 aromatic rings. The number of hydrogen-bond donors (Lipinski definition) is 1. The lowest BCUT2D eigenvalue weighted by atomic mass is 10.4. The van der Waals surface area contributed by atoms with Gasteiger partial charge in [0.25, 0.3) is 0 Å². The van der Waals surface area contributed by atoms with Gasteiger partial charge < -0.3 is 9.84 Å². The van der Waals surface area contributed by atoms with Crippen LogP contribution in [-0.2, 0) is 6.61 Å². The van der Waals surface area contributed by atoms with Gasteiger partial charge in [-0.15, -0.1) is 11.3 Å². The maximum absolute atomic E-state index is 10.7. The number of nitrogens with zero attached hydrogens (tertiary/aromatic N) is 3. The van der Waals surface area contributed by atoms with Gasteiger partial charge in [-0.25, -0.2) is 9.78 Å². The summed E-state index contributed by atoms with van der Waals surface area (Å²) in [5, 5.41) is 14.6. The molecule has 0 unspecified atom stereocenters. The molecule has 0 atom stereocenters. The summed E-state index contributed by atoms with van der Waals surface area (Å²) >= 11 is 1.09. The standard InChI is InChI=1S/C11H13N3O3S/c1-7(2)14-4-9(3-12-14)17-5-8-6-18-10(13-8)11(15)16/h3-4,6-7H,5H2,1-2H3,(H,15,16). The van der Waals surface area contributed by atoms with E-state index in [2.05, 4.69) is 10.1 Å². The van der Waals surface area contributed by atoms with Gasteiger partial charge in [-0.3, -0.25) is 4.68 Å². The van der Waals surface area contributed by atoms with Crippen LogP contribution in [0.1, 0.15) is 35.4 Å². The fourth-order valence-electron chi connectivity index (χ4n) is 1.31. The minimum absolute atomic E-state index is 0.0754. The third-order valence-electron chi connectivity index (χ3n) is 2.23. The van der Waals surface area contributed by atoms with Crippen LogP contribution in [0.4, 0.5) is 0 Å². The van der Waals surface area contributed by atoms with Crippen molar-refractivity contribution in [2.75, 3.05) is 0 Å². The van der Waals surface area contributed by atoms with E-state index in [1.807, 2.05) is 13.8 Å². The van der Waals surface area contributed by atoms with Crippen LogP contribution in [-0.4, -0.2) is 25.8 Å². The van der Waals surface area contributed by atoms with Crippen molar-refractivity contribution >= 4 is 17.3 Å². The minimum Gasteiger partial charge on any atom is -0.484 e. The fraction of sp³-hybridized carbons (Fsp3) is 0.364. The van der Waals surface area contributed by atoms with Crippen LogP contribution in [0.3, 0.4) is 0 Å². The van der Waals surface area contributed by atoms with Crippen molar-refractivity contribution in [1.82, 2.24) is 14.8 Å². The van der Waals surface area contributed by atoms with Gasteiger partial charge >= 0.3 is 5.97 Å². The van der Waals surface area contributed by atoms with Crippen molar-refractivity contribution in [2.24, 2.45) is 0 Å². The summed E-state index contributed by atoms with van der Waals surface area (Å²) in [4.78, 5) is 14.6. The Bertz CT molecular complexity index is 547. The lowest BCUT2D eigenvalue weighted by Gasteiger charge is -2.03. The van der Waals surface area contributed by atoms with Gasteiger partial charge in [0.15, 0.2) is 5.75 Å². The molecular weight excluding hydrogens is 254 g/mol. The Hall–Kier alpha value is -1.89. The van der Waals surface area contributed by atoms with E-state index in [1.165, 1.54) is 0 Å². The zero-order valence-electron chi connectivity index (χ0n) is 10.0. The minimum atomic E-state index is -1.01. The van der Waals surface area contributed by atoms with Crippen molar-refractivity contribution in [3.63, 3.8) is 0 Å². The average molecular weight is 267 g/mol. The van der Waals surface area contributed by atoms with E-state index in [4.69, 9.17) is 9.84 Å². The highest BCUT2D eigenvalue weighted by Crippen LogP contribution is 2.15. The summed E-state index contributed by atoms with van der Waals surface area (Å²) < 4.78 is 7.27. The Morgan fingerprint density at radius 2 is 2.39 bits per heavy atom. The van der Waals surface area contributed by atoms with E-state index in [-0.39, 0.29) is 17.7 Å². The van der Waals surface area contributed by atoms with Gasteiger partial charge in [0.05, 0.1) is 18.1 Å². The molecular formula is C11H13N3O3S. The second kappa shape index (κ2) is 5.18. The predicted octanol–water partition coefficient (Wildman–Crippen LogP) is 2.20. The molecule has 0 spiro atoms.